The number of nitrogens with one attached hydrogen (secondary N) is 2. The molecule has 3 aromatic rings. The molecule has 30 heavy (non-hydrogen) atoms. The summed E-state index contributed by atoms with van der Waals surface area (Å²) in [5.74, 6) is -0.00408. The number of aromatic nitrogens is 4. The Bertz CT molecular complexity index is 1000. The van der Waals surface area contributed by atoms with Crippen molar-refractivity contribution in [3.63, 3.8) is 0 Å². The number of nitrogens with zero attached hydrogens (tertiary/aromatic N) is 4. The number of anilines is 1. The van der Waals surface area contributed by atoms with Gasteiger partial charge in [0.1, 0.15) is 0 Å². The fraction of sp³-hybridized carbons (Fsp3) is 0.364. The SMILES string of the molecule is Cc1nn(CC(C)C)c(C)c1CC(=O)NCC(=O)Nc1ccc(-n2cccn2)cc1. The van der Waals surface area contributed by atoms with Crippen LogP contribution in [0, 0.1) is 19.8 Å². The highest BCUT2D eigenvalue weighted by atomic mass is 16.2. The molecular formula is C22H28N6O2. The van der Waals surface area contributed by atoms with Crippen molar-refractivity contribution in [3.8, 4) is 5.69 Å². The van der Waals surface area contributed by atoms with Gasteiger partial charge in [-0.25, -0.2) is 4.68 Å². The maximum atomic E-state index is 12.3. The molecule has 0 aliphatic carbocycles. The zero-order valence-corrected chi connectivity index (χ0v) is 17.8. The minimum absolute atomic E-state index is 0.0853. The van der Waals surface area contributed by atoms with Crippen LogP contribution in [0.5, 0.6) is 0 Å². The average molecular weight is 409 g/mol. The van der Waals surface area contributed by atoms with Gasteiger partial charge in [0.2, 0.25) is 11.8 Å². The van der Waals surface area contributed by atoms with Crippen LogP contribution >= 0.6 is 0 Å². The number of hydrogen-bond acceptors (Lipinski definition) is 4. The Balaban J connectivity index is 1.50. The van der Waals surface area contributed by atoms with Gasteiger partial charge in [0.25, 0.3) is 0 Å². The highest BCUT2D eigenvalue weighted by molar-refractivity contribution is 5.94. The number of benzene rings is 1. The van der Waals surface area contributed by atoms with Crippen molar-refractivity contribution in [2.45, 2.75) is 40.7 Å². The molecule has 0 bridgehead atoms. The van der Waals surface area contributed by atoms with E-state index in [2.05, 4.69) is 34.7 Å². The number of amides is 2. The fourth-order valence-corrected chi connectivity index (χ4v) is 3.24. The molecule has 1 aromatic carbocycles. The normalized spacial score (nSPS) is 11.0. The molecule has 0 radical (unpaired) electrons. The summed E-state index contributed by atoms with van der Waals surface area (Å²) in [6.07, 6.45) is 3.76. The van der Waals surface area contributed by atoms with Gasteiger partial charge in [0, 0.05) is 35.9 Å². The molecule has 0 aliphatic rings. The summed E-state index contributed by atoms with van der Waals surface area (Å²) in [4.78, 5) is 24.5. The van der Waals surface area contributed by atoms with Crippen molar-refractivity contribution >= 4 is 17.5 Å². The lowest BCUT2D eigenvalue weighted by Gasteiger charge is -2.09. The van der Waals surface area contributed by atoms with Gasteiger partial charge in [-0.3, -0.25) is 14.3 Å². The van der Waals surface area contributed by atoms with Gasteiger partial charge in [-0.2, -0.15) is 10.2 Å². The molecule has 0 atom stereocenters. The number of carbonyl (C=O) groups excluding carboxylic acids is 2. The molecule has 0 saturated heterocycles. The Labute approximate surface area is 176 Å². The third-order valence-corrected chi connectivity index (χ3v) is 4.77. The molecule has 3 rings (SSSR count). The van der Waals surface area contributed by atoms with E-state index >= 15 is 0 Å². The quantitative estimate of drug-likeness (QED) is 0.599. The van der Waals surface area contributed by atoms with Gasteiger partial charge in [0.15, 0.2) is 0 Å². The van der Waals surface area contributed by atoms with Crippen molar-refractivity contribution in [1.82, 2.24) is 24.9 Å². The van der Waals surface area contributed by atoms with E-state index in [1.165, 1.54) is 0 Å². The minimum atomic E-state index is -0.279. The molecule has 2 amide bonds. The standard InChI is InChI=1S/C22H28N6O2/c1-15(2)14-28-17(4)20(16(3)26-28)12-21(29)23-13-22(30)25-18-6-8-19(9-7-18)27-11-5-10-24-27/h5-11,15H,12-14H2,1-4H3,(H,23,29)(H,25,30). The van der Waals surface area contributed by atoms with Crippen LogP contribution in [0.3, 0.4) is 0 Å². The van der Waals surface area contributed by atoms with E-state index < -0.39 is 0 Å². The molecule has 8 nitrogen and oxygen atoms in total. The monoisotopic (exact) mass is 408 g/mol. The Kier molecular flexibility index (Phi) is 6.66. The van der Waals surface area contributed by atoms with Crippen molar-refractivity contribution in [2.75, 3.05) is 11.9 Å². The first-order valence-electron chi connectivity index (χ1n) is 10.0. The highest BCUT2D eigenvalue weighted by Gasteiger charge is 2.16. The van der Waals surface area contributed by atoms with Crippen molar-refractivity contribution in [2.24, 2.45) is 5.92 Å². The molecular weight excluding hydrogens is 380 g/mol. The number of rotatable bonds is 8. The first-order valence-corrected chi connectivity index (χ1v) is 10.0. The third kappa shape index (κ3) is 5.34. The van der Waals surface area contributed by atoms with Gasteiger partial charge in [-0.15, -0.1) is 0 Å². The summed E-state index contributed by atoms with van der Waals surface area (Å²) >= 11 is 0. The molecule has 2 N–H and O–H groups in total. The van der Waals surface area contributed by atoms with Crippen molar-refractivity contribution in [3.05, 3.63) is 59.7 Å². The predicted molar refractivity (Wildman–Crippen MR) is 115 cm³/mol. The van der Waals surface area contributed by atoms with Crippen LogP contribution < -0.4 is 10.6 Å². The van der Waals surface area contributed by atoms with E-state index in [-0.39, 0.29) is 24.8 Å². The summed E-state index contributed by atoms with van der Waals surface area (Å²) in [7, 11) is 0. The van der Waals surface area contributed by atoms with E-state index in [1.54, 1.807) is 23.0 Å². The smallest absolute Gasteiger partial charge is 0.243 e. The summed E-state index contributed by atoms with van der Waals surface area (Å²) in [5, 5.41) is 14.2. The summed E-state index contributed by atoms with van der Waals surface area (Å²) in [6, 6.07) is 9.17. The molecule has 0 aliphatic heterocycles. The van der Waals surface area contributed by atoms with Crippen molar-refractivity contribution in [1.29, 1.82) is 0 Å². The van der Waals surface area contributed by atoms with Crippen LogP contribution in [-0.2, 0) is 22.6 Å². The van der Waals surface area contributed by atoms with Gasteiger partial charge in [-0.05, 0) is 50.1 Å². The molecule has 0 saturated carbocycles. The summed E-state index contributed by atoms with van der Waals surface area (Å²) < 4.78 is 3.68. The number of carbonyl (C=O) groups is 2. The van der Waals surface area contributed by atoms with Crippen LogP contribution in [0.4, 0.5) is 5.69 Å². The second-order valence-corrected chi connectivity index (χ2v) is 7.72. The van der Waals surface area contributed by atoms with E-state index in [1.807, 2.05) is 42.9 Å². The largest absolute Gasteiger partial charge is 0.347 e. The topological polar surface area (TPSA) is 93.8 Å². The van der Waals surface area contributed by atoms with Crippen LogP contribution in [-0.4, -0.2) is 37.9 Å². The number of aryl methyl sites for hydroxylation is 1. The van der Waals surface area contributed by atoms with Crippen LogP contribution in [0.25, 0.3) is 5.69 Å². The first-order chi connectivity index (χ1) is 14.3. The first kappa shape index (κ1) is 21.3. The molecule has 158 valence electrons. The van der Waals surface area contributed by atoms with Crippen molar-refractivity contribution < 1.29 is 9.59 Å². The summed E-state index contributed by atoms with van der Waals surface area (Å²) in [5.41, 5.74) is 4.33. The molecule has 2 heterocycles. The average Bonchev–Trinajstić information content (AvgIpc) is 3.32. The van der Waals surface area contributed by atoms with Crippen LogP contribution in [0.1, 0.15) is 30.8 Å². The Morgan fingerprint density at radius 2 is 1.83 bits per heavy atom. The zero-order valence-electron chi connectivity index (χ0n) is 17.8. The Morgan fingerprint density at radius 1 is 1.10 bits per heavy atom. The van der Waals surface area contributed by atoms with Crippen LogP contribution in [0.15, 0.2) is 42.7 Å². The molecule has 2 aromatic heterocycles. The number of hydrogen-bond donors (Lipinski definition) is 2. The van der Waals surface area contributed by atoms with Gasteiger partial charge < -0.3 is 10.6 Å². The van der Waals surface area contributed by atoms with E-state index in [0.717, 1.165) is 29.2 Å². The van der Waals surface area contributed by atoms with Crippen LogP contribution in [0.2, 0.25) is 0 Å². The van der Waals surface area contributed by atoms with Gasteiger partial charge >= 0.3 is 0 Å². The van der Waals surface area contributed by atoms with E-state index in [4.69, 9.17) is 0 Å². The van der Waals surface area contributed by atoms with E-state index in [0.29, 0.717) is 11.6 Å². The molecule has 0 unspecified atom stereocenters. The lowest BCUT2D eigenvalue weighted by atomic mass is 10.1. The zero-order chi connectivity index (χ0) is 21.7. The summed E-state index contributed by atoms with van der Waals surface area (Å²) in [6.45, 7) is 8.88. The second-order valence-electron chi connectivity index (χ2n) is 7.72. The van der Waals surface area contributed by atoms with E-state index in [9.17, 15) is 9.59 Å². The molecule has 8 heteroatoms. The lowest BCUT2D eigenvalue weighted by Crippen LogP contribution is -2.34. The third-order valence-electron chi connectivity index (χ3n) is 4.77. The Hall–Kier alpha value is -3.42. The molecule has 0 fully saturated rings. The highest BCUT2D eigenvalue weighted by Crippen LogP contribution is 2.15. The Morgan fingerprint density at radius 3 is 2.47 bits per heavy atom. The predicted octanol–water partition coefficient (Wildman–Crippen LogP) is 2.64. The maximum absolute atomic E-state index is 12.3. The van der Waals surface area contributed by atoms with Gasteiger partial charge in [0.05, 0.1) is 24.3 Å². The lowest BCUT2D eigenvalue weighted by molar-refractivity contribution is -0.123. The second kappa shape index (κ2) is 9.39. The fourth-order valence-electron chi connectivity index (χ4n) is 3.24. The van der Waals surface area contributed by atoms with Gasteiger partial charge in [-0.1, -0.05) is 13.8 Å². The maximum Gasteiger partial charge on any atom is 0.243 e. The molecule has 0 spiro atoms. The minimum Gasteiger partial charge on any atom is -0.347 e.